The molecule has 30 heteroatoms. The van der Waals surface area contributed by atoms with Crippen LogP contribution in [0.3, 0.4) is 0 Å². The maximum Gasteiger partial charge on any atom is 0.472 e. The van der Waals surface area contributed by atoms with E-state index in [-0.39, 0.29) is 51.8 Å². The molecule has 0 bridgehead atoms. The number of phosphoric ester groups is 2. The predicted octanol–water partition coefficient (Wildman–Crippen LogP) is 15.7. The number of ether oxygens (including phenoxy) is 16. The lowest BCUT2D eigenvalue weighted by molar-refractivity contribution is -0.0223. The third-order valence-electron chi connectivity index (χ3n) is 19.9. The Balaban J connectivity index is 0.899. The van der Waals surface area contributed by atoms with Crippen molar-refractivity contribution in [1.82, 2.24) is 0 Å². The van der Waals surface area contributed by atoms with E-state index in [1.807, 2.05) is 97.1 Å². The molecule has 4 aromatic carbocycles. The van der Waals surface area contributed by atoms with Crippen LogP contribution >= 0.6 is 15.6 Å². The van der Waals surface area contributed by atoms with Crippen molar-refractivity contribution < 1.29 is 122 Å². The van der Waals surface area contributed by atoms with Gasteiger partial charge < -0.3 is 94.4 Å². The second-order valence-electron chi connectivity index (χ2n) is 30.8. The van der Waals surface area contributed by atoms with Crippen LogP contribution in [0.2, 0.25) is 33.2 Å². The summed E-state index contributed by atoms with van der Waals surface area (Å²) < 4.78 is 149. The zero-order valence-corrected chi connectivity index (χ0v) is 78.5. The molecule has 682 valence electrons. The molecule has 0 saturated heterocycles. The molecule has 0 spiro atoms. The van der Waals surface area contributed by atoms with Gasteiger partial charge in [0.1, 0.15) is 0 Å². The first-order chi connectivity index (χ1) is 57.9. The lowest BCUT2D eigenvalue weighted by Crippen LogP contribution is -2.48. The van der Waals surface area contributed by atoms with E-state index in [2.05, 4.69) is 121 Å². The van der Waals surface area contributed by atoms with E-state index in [1.54, 1.807) is 0 Å². The molecule has 4 atom stereocenters. The standard InChI is InChI=1S/C90H148O26P2Si2/c1-75(2)119(76(3)4,77(5)6)115-71-67-107-63-59-103-55-51-99-47-43-95-41-45-97-49-53-101-57-61-105-65-69-113-117(91,92)111-39-37-87-25-21-83(22-26-87)17-19-85-29-33-89(34-30-85)73-109-81(13)15-16-82(14)110-74-90-35-31-86(32-36-90)20-18-84-23-27-88(28-24-84)38-40-112-118(93,94)114-70-66-106-62-58-102-54-50-98-46-42-96-44-48-100-52-56-104-60-64-108-68-72-116-120(78(7)8,79(9)10)80(11)12/h21-36,75-82H,15-16,37-74H2,1-14H3,(H,91,92)(H,93,94)/t81-,82+. The van der Waals surface area contributed by atoms with E-state index >= 15 is 0 Å². The summed E-state index contributed by atoms with van der Waals surface area (Å²) in [6.07, 6.45) is 2.61. The Morgan fingerprint density at radius 3 is 0.625 bits per heavy atom. The van der Waals surface area contributed by atoms with Crippen LogP contribution in [0.25, 0.3) is 0 Å². The lowest BCUT2D eigenvalue weighted by atomic mass is 10.1. The van der Waals surface area contributed by atoms with Gasteiger partial charge in [0.05, 0.1) is 250 Å². The van der Waals surface area contributed by atoms with Crippen molar-refractivity contribution in [1.29, 1.82) is 0 Å². The van der Waals surface area contributed by atoms with E-state index in [0.717, 1.165) is 57.3 Å². The summed E-state index contributed by atoms with van der Waals surface area (Å²) in [5, 5.41) is 0. The molecule has 0 aliphatic carbocycles. The average molecular weight is 1760 g/mol. The van der Waals surface area contributed by atoms with E-state index < -0.39 is 32.3 Å². The van der Waals surface area contributed by atoms with Gasteiger partial charge in [0, 0.05) is 22.3 Å². The number of hydrogen-bond donors (Lipinski definition) is 2. The lowest BCUT2D eigenvalue weighted by Gasteiger charge is -2.42. The highest BCUT2D eigenvalue weighted by Crippen LogP contribution is 2.45. The molecule has 0 radical (unpaired) electrons. The highest BCUT2D eigenvalue weighted by atomic mass is 31.2. The van der Waals surface area contributed by atoms with Crippen molar-refractivity contribution in [2.24, 2.45) is 0 Å². The minimum absolute atomic E-state index is 0.000595. The van der Waals surface area contributed by atoms with Crippen LogP contribution < -0.4 is 0 Å². The van der Waals surface area contributed by atoms with Gasteiger partial charge >= 0.3 is 15.6 Å². The van der Waals surface area contributed by atoms with Gasteiger partial charge in [-0.2, -0.15) is 0 Å². The largest absolute Gasteiger partial charge is 0.472 e. The Kier molecular flexibility index (Phi) is 59.9. The molecule has 0 aliphatic rings. The van der Waals surface area contributed by atoms with Crippen LogP contribution in [0.5, 0.6) is 0 Å². The number of phosphoric acid groups is 2. The van der Waals surface area contributed by atoms with E-state index in [4.69, 9.17) is 103 Å². The summed E-state index contributed by atoms with van der Waals surface area (Å²) >= 11 is 0. The third kappa shape index (κ3) is 49.7. The topological polar surface area (TPSA) is 278 Å². The number of benzene rings is 4. The smallest absolute Gasteiger partial charge is 0.414 e. The molecule has 4 aromatic rings. The predicted molar refractivity (Wildman–Crippen MR) is 472 cm³/mol. The van der Waals surface area contributed by atoms with Gasteiger partial charge in [-0.1, -0.05) is 155 Å². The summed E-state index contributed by atoms with van der Waals surface area (Å²) in [5.41, 5.74) is 10.7. The molecule has 0 saturated carbocycles. The fraction of sp³-hybridized carbons (Fsp3) is 0.689. The van der Waals surface area contributed by atoms with Crippen LogP contribution in [0.1, 0.15) is 154 Å². The average Bonchev–Trinajstić information content (AvgIpc) is 0.811. The van der Waals surface area contributed by atoms with Gasteiger partial charge in [-0.15, -0.1) is 0 Å². The molecule has 0 aliphatic heterocycles. The molecule has 4 rings (SSSR count). The molecule has 2 N–H and O–H groups in total. The maximum atomic E-state index is 12.4. The van der Waals surface area contributed by atoms with E-state index in [9.17, 15) is 18.9 Å². The van der Waals surface area contributed by atoms with Crippen LogP contribution in [-0.2, 0) is 138 Å². The second-order valence-corrected chi connectivity index (χ2v) is 44.6. The Labute approximate surface area is 721 Å². The van der Waals surface area contributed by atoms with E-state index in [1.165, 1.54) is 0 Å². The van der Waals surface area contributed by atoms with Gasteiger partial charge in [0.2, 0.25) is 0 Å². The van der Waals surface area contributed by atoms with Gasteiger partial charge in [0.15, 0.2) is 16.6 Å². The van der Waals surface area contributed by atoms with Gasteiger partial charge in [-0.25, -0.2) is 9.13 Å². The molecular weight excluding hydrogens is 1620 g/mol. The fourth-order valence-corrected chi connectivity index (χ4v) is 26.0. The van der Waals surface area contributed by atoms with Gasteiger partial charge in [-0.05, 0) is 144 Å². The quantitative estimate of drug-likeness (QED) is 0.0180. The van der Waals surface area contributed by atoms with Crippen molar-refractivity contribution in [2.45, 2.75) is 181 Å². The Morgan fingerprint density at radius 2 is 0.425 bits per heavy atom. The molecule has 0 amide bonds. The summed E-state index contributed by atoms with van der Waals surface area (Å²) in [6.45, 7) is 45.6. The van der Waals surface area contributed by atoms with Crippen molar-refractivity contribution >= 4 is 32.3 Å². The Hall–Kier alpha value is -4.07. The SMILES string of the molecule is CC(C)[Si](OCCOCCOCCOCCOCCOCCOCCOCCOP(=O)(O)OCCc1ccc(C#Cc2ccc(CO[C@H](C)CC[C@H](C)OCc3ccc(C#Cc4ccc(CCOP(=O)(O)OCCOCCOCCOCCOCCOCCOCCOCCO[Si](C(C)C)(C(C)C)C(C)C)cc4)cc3)cc2)cc1)(C(C)C)C(C)C. The fourth-order valence-electron chi connectivity index (χ4n) is 13.7. The summed E-state index contributed by atoms with van der Waals surface area (Å²) in [6, 6.07) is 31.4. The van der Waals surface area contributed by atoms with Crippen LogP contribution in [0.4, 0.5) is 0 Å². The van der Waals surface area contributed by atoms with Crippen molar-refractivity contribution in [3.63, 3.8) is 0 Å². The summed E-state index contributed by atoms with van der Waals surface area (Å²) in [7, 11) is -12.2. The second kappa shape index (κ2) is 66.4. The minimum atomic E-state index is -4.25. The summed E-state index contributed by atoms with van der Waals surface area (Å²) in [4.78, 5) is 20.3. The molecule has 0 aromatic heterocycles. The molecule has 0 heterocycles. The molecular formula is C90H148O26P2Si2. The first kappa shape index (κ1) is 108. The van der Waals surface area contributed by atoms with Crippen LogP contribution in [0, 0.1) is 23.7 Å². The minimum Gasteiger partial charge on any atom is -0.414 e. The molecule has 2 unspecified atom stereocenters. The summed E-state index contributed by atoms with van der Waals surface area (Å²) in [5.74, 6) is 12.9. The highest BCUT2D eigenvalue weighted by molar-refractivity contribution is 7.47. The number of hydrogen-bond acceptors (Lipinski definition) is 24. The van der Waals surface area contributed by atoms with Gasteiger partial charge in [0.25, 0.3) is 0 Å². The number of rotatable bonds is 75. The first-order valence-electron chi connectivity index (χ1n) is 43.1. The highest BCUT2D eigenvalue weighted by Gasteiger charge is 2.46. The Morgan fingerprint density at radius 1 is 0.250 bits per heavy atom. The van der Waals surface area contributed by atoms with Crippen LogP contribution in [0.15, 0.2) is 97.1 Å². The normalized spacial score (nSPS) is 13.7. The van der Waals surface area contributed by atoms with Crippen LogP contribution in [-0.4, -0.2) is 263 Å². The van der Waals surface area contributed by atoms with Gasteiger partial charge in [-0.3, -0.25) is 18.1 Å². The van der Waals surface area contributed by atoms with E-state index in [0.29, 0.717) is 244 Å². The van der Waals surface area contributed by atoms with Crippen molar-refractivity contribution in [2.75, 3.05) is 225 Å². The maximum absolute atomic E-state index is 12.4. The first-order valence-corrected chi connectivity index (χ1v) is 50.4. The zero-order valence-electron chi connectivity index (χ0n) is 74.7. The van der Waals surface area contributed by atoms with Crippen molar-refractivity contribution in [3.8, 4) is 23.7 Å². The monoisotopic (exact) mass is 1760 g/mol. The zero-order chi connectivity index (χ0) is 87.2. The molecule has 0 fully saturated rings. The molecule has 26 nitrogen and oxygen atoms in total. The van der Waals surface area contributed by atoms with Crippen molar-refractivity contribution in [3.05, 3.63) is 142 Å². The molecule has 120 heavy (non-hydrogen) atoms. The third-order valence-corrected chi connectivity index (χ3v) is 34.1. The Bertz CT molecular complexity index is 3140.